The Hall–Kier alpha value is -1.22. The first-order valence-corrected chi connectivity index (χ1v) is 7.85. The number of ether oxygens (including phenoxy) is 1. The van der Waals surface area contributed by atoms with Crippen molar-refractivity contribution in [2.24, 2.45) is 0 Å². The Morgan fingerprint density at radius 1 is 1.05 bits per heavy atom. The molecule has 1 saturated carbocycles. The molecule has 2 aromatic carbocycles. The zero-order valence-electron chi connectivity index (χ0n) is 11.6. The van der Waals surface area contributed by atoms with E-state index in [0.717, 1.165) is 33.5 Å². The van der Waals surface area contributed by atoms with Crippen LogP contribution in [-0.2, 0) is 13.2 Å². The van der Waals surface area contributed by atoms with Gasteiger partial charge in [0.2, 0.25) is 0 Å². The van der Waals surface area contributed by atoms with Crippen LogP contribution in [0.25, 0.3) is 0 Å². The maximum absolute atomic E-state index is 6.08. The van der Waals surface area contributed by atoms with E-state index < -0.39 is 0 Å². The lowest BCUT2D eigenvalue weighted by Crippen LogP contribution is -2.16. The van der Waals surface area contributed by atoms with Crippen molar-refractivity contribution in [1.29, 1.82) is 0 Å². The fourth-order valence-electron chi connectivity index (χ4n) is 2.16. The predicted octanol–water partition coefficient (Wildman–Crippen LogP) is 4.82. The van der Waals surface area contributed by atoms with E-state index in [9.17, 15) is 0 Å². The molecule has 0 heterocycles. The second kappa shape index (κ2) is 6.69. The Morgan fingerprint density at radius 2 is 1.86 bits per heavy atom. The van der Waals surface area contributed by atoms with E-state index in [0.29, 0.717) is 12.6 Å². The molecule has 0 radical (unpaired) electrons. The Balaban J connectivity index is 1.68. The summed E-state index contributed by atoms with van der Waals surface area (Å²) in [6.07, 6.45) is 2.53. The molecule has 110 valence electrons. The topological polar surface area (TPSA) is 21.3 Å². The van der Waals surface area contributed by atoms with E-state index in [1.54, 1.807) is 0 Å². The van der Waals surface area contributed by atoms with Gasteiger partial charge in [-0.2, -0.15) is 0 Å². The SMILES string of the molecule is Clc1cccc(COc2ccc(Cl)cc2CNC2CC2)c1. The van der Waals surface area contributed by atoms with E-state index in [1.807, 2.05) is 42.5 Å². The molecule has 0 unspecified atom stereocenters. The van der Waals surface area contributed by atoms with Crippen LogP contribution in [0.3, 0.4) is 0 Å². The normalized spacial score (nSPS) is 14.2. The minimum Gasteiger partial charge on any atom is -0.489 e. The molecule has 1 fully saturated rings. The van der Waals surface area contributed by atoms with Crippen molar-refractivity contribution in [1.82, 2.24) is 5.32 Å². The lowest BCUT2D eigenvalue weighted by molar-refractivity contribution is 0.302. The molecule has 0 atom stereocenters. The fourth-order valence-corrected chi connectivity index (χ4v) is 2.56. The highest BCUT2D eigenvalue weighted by Crippen LogP contribution is 2.26. The van der Waals surface area contributed by atoms with Gasteiger partial charge < -0.3 is 10.1 Å². The maximum Gasteiger partial charge on any atom is 0.124 e. The molecule has 1 N–H and O–H groups in total. The average molecular weight is 322 g/mol. The third kappa shape index (κ3) is 4.37. The van der Waals surface area contributed by atoms with Gasteiger partial charge in [0.05, 0.1) is 0 Å². The minimum atomic E-state index is 0.499. The van der Waals surface area contributed by atoms with E-state index in [1.165, 1.54) is 12.8 Å². The van der Waals surface area contributed by atoms with Crippen molar-refractivity contribution in [2.75, 3.05) is 0 Å². The summed E-state index contributed by atoms with van der Waals surface area (Å²) in [5.74, 6) is 0.868. The molecule has 0 bridgehead atoms. The van der Waals surface area contributed by atoms with Crippen LogP contribution >= 0.6 is 23.2 Å². The predicted molar refractivity (Wildman–Crippen MR) is 87.1 cm³/mol. The zero-order valence-corrected chi connectivity index (χ0v) is 13.1. The van der Waals surface area contributed by atoms with Crippen LogP contribution in [-0.4, -0.2) is 6.04 Å². The Kier molecular flexibility index (Phi) is 4.69. The molecule has 4 heteroatoms. The van der Waals surface area contributed by atoms with E-state index >= 15 is 0 Å². The van der Waals surface area contributed by atoms with Crippen LogP contribution < -0.4 is 10.1 Å². The molecule has 3 rings (SSSR count). The molecule has 2 nitrogen and oxygen atoms in total. The van der Waals surface area contributed by atoms with Gasteiger partial charge in [0.1, 0.15) is 12.4 Å². The summed E-state index contributed by atoms with van der Waals surface area (Å²) < 4.78 is 5.93. The molecular formula is C17H17Cl2NO. The van der Waals surface area contributed by atoms with Gasteiger partial charge in [0, 0.05) is 28.2 Å². The molecule has 2 aromatic rings. The van der Waals surface area contributed by atoms with Crippen molar-refractivity contribution in [3.63, 3.8) is 0 Å². The lowest BCUT2D eigenvalue weighted by atomic mass is 10.2. The molecule has 0 saturated heterocycles. The third-order valence-corrected chi connectivity index (χ3v) is 3.93. The second-order valence-electron chi connectivity index (χ2n) is 5.33. The van der Waals surface area contributed by atoms with Gasteiger partial charge in [-0.1, -0.05) is 35.3 Å². The molecule has 0 aliphatic heterocycles. The molecule has 0 amide bonds. The molecular weight excluding hydrogens is 305 g/mol. The number of nitrogens with one attached hydrogen (secondary N) is 1. The van der Waals surface area contributed by atoms with E-state index in [4.69, 9.17) is 27.9 Å². The summed E-state index contributed by atoms with van der Waals surface area (Å²) in [4.78, 5) is 0. The van der Waals surface area contributed by atoms with Crippen molar-refractivity contribution in [3.05, 3.63) is 63.6 Å². The summed E-state index contributed by atoms with van der Waals surface area (Å²) >= 11 is 12.1. The molecule has 0 spiro atoms. The van der Waals surface area contributed by atoms with Gasteiger partial charge in [0.25, 0.3) is 0 Å². The van der Waals surface area contributed by atoms with Crippen molar-refractivity contribution in [2.45, 2.75) is 32.0 Å². The summed E-state index contributed by atoms with van der Waals surface area (Å²) in [6, 6.07) is 14.1. The van der Waals surface area contributed by atoms with Crippen molar-refractivity contribution >= 4 is 23.2 Å². The molecule has 1 aliphatic rings. The van der Waals surface area contributed by atoms with E-state index in [-0.39, 0.29) is 0 Å². The first kappa shape index (κ1) is 14.7. The maximum atomic E-state index is 6.08. The highest BCUT2D eigenvalue weighted by atomic mass is 35.5. The number of hydrogen-bond acceptors (Lipinski definition) is 2. The third-order valence-electron chi connectivity index (χ3n) is 3.46. The first-order chi connectivity index (χ1) is 10.2. The number of rotatable bonds is 6. The van der Waals surface area contributed by atoms with Gasteiger partial charge in [-0.25, -0.2) is 0 Å². The number of benzene rings is 2. The molecule has 0 aromatic heterocycles. The Bertz CT molecular complexity index is 626. The van der Waals surface area contributed by atoms with Gasteiger partial charge in [-0.3, -0.25) is 0 Å². The van der Waals surface area contributed by atoms with Crippen molar-refractivity contribution < 1.29 is 4.74 Å². The standard InChI is InChI=1S/C17H17Cl2NO/c18-14-3-1-2-12(8-14)11-21-17-7-4-15(19)9-13(17)10-20-16-5-6-16/h1-4,7-9,16,20H,5-6,10-11H2. The first-order valence-electron chi connectivity index (χ1n) is 7.10. The highest BCUT2D eigenvalue weighted by molar-refractivity contribution is 6.30. The summed E-state index contributed by atoms with van der Waals surface area (Å²) in [6.45, 7) is 1.29. The summed E-state index contributed by atoms with van der Waals surface area (Å²) in [5, 5.41) is 4.95. The lowest BCUT2D eigenvalue weighted by Gasteiger charge is -2.13. The monoisotopic (exact) mass is 321 g/mol. The second-order valence-corrected chi connectivity index (χ2v) is 6.20. The van der Waals surface area contributed by atoms with Gasteiger partial charge in [-0.05, 0) is 48.7 Å². The molecule has 1 aliphatic carbocycles. The highest BCUT2D eigenvalue weighted by Gasteiger charge is 2.20. The van der Waals surface area contributed by atoms with Crippen molar-refractivity contribution in [3.8, 4) is 5.75 Å². The van der Waals surface area contributed by atoms with Crippen LogP contribution in [0, 0.1) is 0 Å². The largest absolute Gasteiger partial charge is 0.489 e. The Labute approximate surface area is 135 Å². The van der Waals surface area contributed by atoms with Crippen LogP contribution in [0.15, 0.2) is 42.5 Å². The zero-order chi connectivity index (χ0) is 14.7. The van der Waals surface area contributed by atoms with E-state index in [2.05, 4.69) is 5.32 Å². The fraction of sp³-hybridized carbons (Fsp3) is 0.294. The van der Waals surface area contributed by atoms with Crippen LogP contribution in [0.1, 0.15) is 24.0 Å². The molecule has 21 heavy (non-hydrogen) atoms. The van der Waals surface area contributed by atoms with Crippen LogP contribution in [0.4, 0.5) is 0 Å². The Morgan fingerprint density at radius 3 is 2.62 bits per heavy atom. The number of halogens is 2. The number of hydrogen-bond donors (Lipinski definition) is 1. The smallest absolute Gasteiger partial charge is 0.124 e. The minimum absolute atomic E-state index is 0.499. The quantitative estimate of drug-likeness (QED) is 0.823. The van der Waals surface area contributed by atoms with Crippen LogP contribution in [0.5, 0.6) is 5.75 Å². The van der Waals surface area contributed by atoms with Crippen LogP contribution in [0.2, 0.25) is 10.0 Å². The average Bonchev–Trinajstić information content (AvgIpc) is 3.28. The summed E-state index contributed by atoms with van der Waals surface area (Å²) in [7, 11) is 0. The van der Waals surface area contributed by atoms with Gasteiger partial charge in [-0.15, -0.1) is 0 Å². The van der Waals surface area contributed by atoms with Gasteiger partial charge in [0.15, 0.2) is 0 Å². The summed E-state index contributed by atoms with van der Waals surface area (Å²) in [5.41, 5.74) is 2.15. The van der Waals surface area contributed by atoms with Gasteiger partial charge >= 0.3 is 0 Å².